The van der Waals surface area contributed by atoms with Gasteiger partial charge in [-0.2, -0.15) is 0 Å². The molecule has 1 aliphatic heterocycles. The SMILES string of the molecule is CCC1(CC)COC2c3ccccc3CCC2N1. The fraction of sp³-hybridized carbons (Fsp3) is 0.625. The maximum Gasteiger partial charge on any atom is 0.0981 e. The number of rotatable bonds is 2. The molecule has 2 nitrogen and oxygen atoms in total. The molecule has 0 saturated carbocycles. The number of aryl methyl sites for hydroxylation is 1. The van der Waals surface area contributed by atoms with E-state index in [0.717, 1.165) is 19.4 Å². The molecule has 1 aliphatic carbocycles. The Morgan fingerprint density at radius 3 is 2.83 bits per heavy atom. The van der Waals surface area contributed by atoms with Crippen molar-refractivity contribution in [1.29, 1.82) is 0 Å². The molecule has 0 aromatic heterocycles. The number of morpholine rings is 1. The highest BCUT2D eigenvalue weighted by Gasteiger charge is 2.41. The van der Waals surface area contributed by atoms with Crippen LogP contribution in [-0.2, 0) is 11.2 Å². The van der Waals surface area contributed by atoms with Gasteiger partial charge in [-0.3, -0.25) is 0 Å². The van der Waals surface area contributed by atoms with Crippen LogP contribution in [-0.4, -0.2) is 18.2 Å². The number of benzene rings is 1. The molecule has 1 aromatic rings. The van der Waals surface area contributed by atoms with E-state index in [1.165, 1.54) is 24.0 Å². The highest BCUT2D eigenvalue weighted by Crippen LogP contribution is 2.38. The molecule has 0 amide bonds. The fourth-order valence-electron chi connectivity index (χ4n) is 3.41. The standard InChI is InChI=1S/C16H23NO/c1-3-16(4-2)11-18-15-13-8-6-5-7-12(13)9-10-14(15)17-16/h5-8,14-15,17H,3-4,9-11H2,1-2H3. The minimum atomic E-state index is 0.202. The molecule has 2 heteroatoms. The Morgan fingerprint density at radius 2 is 2.06 bits per heavy atom. The molecule has 0 radical (unpaired) electrons. The molecule has 18 heavy (non-hydrogen) atoms. The number of hydrogen-bond donors (Lipinski definition) is 1. The van der Waals surface area contributed by atoms with Crippen LogP contribution in [0.1, 0.15) is 50.3 Å². The first-order valence-corrected chi connectivity index (χ1v) is 7.25. The van der Waals surface area contributed by atoms with Gasteiger partial charge in [-0.15, -0.1) is 0 Å². The lowest BCUT2D eigenvalue weighted by Gasteiger charge is -2.47. The number of ether oxygens (including phenoxy) is 1. The smallest absolute Gasteiger partial charge is 0.0981 e. The van der Waals surface area contributed by atoms with Crippen molar-refractivity contribution in [3.05, 3.63) is 35.4 Å². The zero-order valence-corrected chi connectivity index (χ0v) is 11.4. The summed E-state index contributed by atoms with van der Waals surface area (Å²) in [5.74, 6) is 0. The van der Waals surface area contributed by atoms with Gasteiger partial charge in [0.25, 0.3) is 0 Å². The largest absolute Gasteiger partial charge is 0.370 e. The highest BCUT2D eigenvalue weighted by molar-refractivity contribution is 5.33. The van der Waals surface area contributed by atoms with E-state index >= 15 is 0 Å². The molecule has 2 unspecified atom stereocenters. The quantitative estimate of drug-likeness (QED) is 0.864. The lowest BCUT2D eigenvalue weighted by Crippen LogP contribution is -2.60. The first-order chi connectivity index (χ1) is 8.78. The van der Waals surface area contributed by atoms with Gasteiger partial charge in [0.1, 0.15) is 0 Å². The number of hydrogen-bond acceptors (Lipinski definition) is 2. The van der Waals surface area contributed by atoms with Crippen molar-refractivity contribution >= 4 is 0 Å². The topological polar surface area (TPSA) is 21.3 Å². The van der Waals surface area contributed by atoms with Crippen molar-refractivity contribution in [1.82, 2.24) is 5.32 Å². The lowest BCUT2D eigenvalue weighted by atomic mass is 9.81. The molecule has 2 aliphatic rings. The Hall–Kier alpha value is -0.860. The molecule has 98 valence electrons. The molecular formula is C16H23NO. The van der Waals surface area contributed by atoms with Gasteiger partial charge in [0.05, 0.1) is 12.7 Å². The van der Waals surface area contributed by atoms with Gasteiger partial charge in [0.15, 0.2) is 0 Å². The van der Waals surface area contributed by atoms with Crippen LogP contribution in [0, 0.1) is 0 Å². The monoisotopic (exact) mass is 245 g/mol. The van der Waals surface area contributed by atoms with Crippen LogP contribution in [0.5, 0.6) is 0 Å². The van der Waals surface area contributed by atoms with E-state index in [4.69, 9.17) is 4.74 Å². The first-order valence-electron chi connectivity index (χ1n) is 7.25. The third kappa shape index (κ3) is 1.88. The minimum absolute atomic E-state index is 0.202. The average Bonchev–Trinajstić information content (AvgIpc) is 2.46. The van der Waals surface area contributed by atoms with Crippen LogP contribution in [0.15, 0.2) is 24.3 Å². The molecule has 1 saturated heterocycles. The van der Waals surface area contributed by atoms with Crippen molar-refractivity contribution in [3.63, 3.8) is 0 Å². The van der Waals surface area contributed by atoms with Crippen LogP contribution in [0.4, 0.5) is 0 Å². The summed E-state index contributed by atoms with van der Waals surface area (Å²) >= 11 is 0. The van der Waals surface area contributed by atoms with Crippen LogP contribution >= 0.6 is 0 Å². The maximum absolute atomic E-state index is 6.24. The molecule has 0 spiro atoms. The minimum Gasteiger partial charge on any atom is -0.370 e. The molecule has 2 atom stereocenters. The van der Waals surface area contributed by atoms with Crippen molar-refractivity contribution in [2.24, 2.45) is 0 Å². The molecule has 1 N–H and O–H groups in total. The summed E-state index contributed by atoms with van der Waals surface area (Å²) in [6.07, 6.45) is 4.93. The Morgan fingerprint density at radius 1 is 1.28 bits per heavy atom. The lowest BCUT2D eigenvalue weighted by molar-refractivity contribution is -0.0733. The second-order valence-corrected chi connectivity index (χ2v) is 5.71. The maximum atomic E-state index is 6.24. The van der Waals surface area contributed by atoms with E-state index in [1.54, 1.807) is 0 Å². The Bertz CT molecular complexity index is 425. The van der Waals surface area contributed by atoms with Crippen molar-refractivity contribution in [2.75, 3.05) is 6.61 Å². The summed E-state index contributed by atoms with van der Waals surface area (Å²) in [5.41, 5.74) is 3.08. The first kappa shape index (κ1) is 12.2. The number of nitrogens with one attached hydrogen (secondary N) is 1. The second kappa shape index (κ2) is 4.67. The fourth-order valence-corrected chi connectivity index (χ4v) is 3.41. The van der Waals surface area contributed by atoms with Gasteiger partial charge in [-0.05, 0) is 36.8 Å². The third-order valence-electron chi connectivity index (χ3n) is 4.84. The van der Waals surface area contributed by atoms with Gasteiger partial charge in [-0.25, -0.2) is 0 Å². The average molecular weight is 245 g/mol. The molecule has 1 aromatic carbocycles. The van der Waals surface area contributed by atoms with Gasteiger partial charge >= 0.3 is 0 Å². The molecule has 1 heterocycles. The zero-order chi connectivity index (χ0) is 12.6. The van der Waals surface area contributed by atoms with E-state index < -0.39 is 0 Å². The van der Waals surface area contributed by atoms with Gasteiger partial charge in [0.2, 0.25) is 0 Å². The van der Waals surface area contributed by atoms with Crippen LogP contribution < -0.4 is 5.32 Å². The zero-order valence-electron chi connectivity index (χ0n) is 11.4. The van der Waals surface area contributed by atoms with Gasteiger partial charge < -0.3 is 10.1 Å². The third-order valence-corrected chi connectivity index (χ3v) is 4.84. The van der Waals surface area contributed by atoms with Gasteiger partial charge in [-0.1, -0.05) is 38.1 Å². The highest BCUT2D eigenvalue weighted by atomic mass is 16.5. The van der Waals surface area contributed by atoms with Crippen LogP contribution in [0.2, 0.25) is 0 Å². The summed E-state index contributed by atoms with van der Waals surface area (Å²) in [5, 5.41) is 3.88. The molecule has 1 fully saturated rings. The summed E-state index contributed by atoms with van der Waals surface area (Å²) in [6, 6.07) is 9.24. The van der Waals surface area contributed by atoms with Crippen molar-refractivity contribution in [3.8, 4) is 0 Å². The molecule has 0 bridgehead atoms. The van der Waals surface area contributed by atoms with Gasteiger partial charge in [0, 0.05) is 11.6 Å². The van der Waals surface area contributed by atoms with Crippen LogP contribution in [0.25, 0.3) is 0 Å². The van der Waals surface area contributed by atoms with E-state index in [1.807, 2.05) is 0 Å². The Labute approximate surface area is 110 Å². The second-order valence-electron chi connectivity index (χ2n) is 5.71. The summed E-state index contributed by atoms with van der Waals surface area (Å²) in [7, 11) is 0. The predicted molar refractivity (Wildman–Crippen MR) is 73.7 cm³/mol. The van der Waals surface area contributed by atoms with Crippen LogP contribution in [0.3, 0.4) is 0 Å². The summed E-state index contributed by atoms with van der Waals surface area (Å²) in [6.45, 7) is 5.36. The Balaban J connectivity index is 1.86. The molecule has 3 rings (SSSR count). The van der Waals surface area contributed by atoms with E-state index in [2.05, 4.69) is 43.4 Å². The molecular weight excluding hydrogens is 222 g/mol. The van der Waals surface area contributed by atoms with E-state index in [0.29, 0.717) is 6.04 Å². The van der Waals surface area contributed by atoms with Crippen molar-refractivity contribution < 1.29 is 4.74 Å². The number of fused-ring (bicyclic) bond motifs is 3. The van der Waals surface area contributed by atoms with Crippen molar-refractivity contribution in [2.45, 2.75) is 57.2 Å². The summed E-state index contributed by atoms with van der Waals surface area (Å²) in [4.78, 5) is 0. The predicted octanol–water partition coefficient (Wildman–Crippen LogP) is 3.22. The normalized spacial score (nSPS) is 29.4. The van der Waals surface area contributed by atoms with E-state index in [9.17, 15) is 0 Å². The Kier molecular flexibility index (Phi) is 3.16. The summed E-state index contributed by atoms with van der Waals surface area (Å²) < 4.78 is 6.24. The van der Waals surface area contributed by atoms with E-state index in [-0.39, 0.29) is 11.6 Å².